The minimum atomic E-state index is -0.889. The Morgan fingerprint density at radius 2 is 1.74 bits per heavy atom. The van der Waals surface area contributed by atoms with Gasteiger partial charge in [-0.05, 0) is 68.2 Å². The number of carbonyl (C=O) groups excluding carboxylic acids is 1. The standard InChI is InChI=1S/C23H28O4/c24-20(16-3-1-2-4-16)12-11-19-18(21-13-14-22(19)27-21)10-7-15-5-8-17(9-6-15)23(25)26/h5-6,8-9,11-12,16,18-19,21-22H,1-4,7,10,13-14H2,(H,25,26)/t18-,19-,21+,22-/m0/s1. The number of carbonyl (C=O) groups is 2. The molecule has 2 heterocycles. The van der Waals surface area contributed by atoms with Crippen molar-refractivity contribution in [1.82, 2.24) is 0 Å². The van der Waals surface area contributed by atoms with E-state index in [1.807, 2.05) is 18.2 Å². The molecule has 3 aliphatic rings. The van der Waals surface area contributed by atoms with Crippen molar-refractivity contribution in [1.29, 1.82) is 0 Å². The van der Waals surface area contributed by atoms with Crippen LogP contribution >= 0.6 is 0 Å². The molecule has 1 aromatic carbocycles. The van der Waals surface area contributed by atoms with Gasteiger partial charge in [-0.25, -0.2) is 4.79 Å². The topological polar surface area (TPSA) is 63.6 Å². The van der Waals surface area contributed by atoms with Crippen LogP contribution in [0.25, 0.3) is 0 Å². The third-order valence-electron chi connectivity index (χ3n) is 6.69. The molecule has 4 heteroatoms. The Kier molecular flexibility index (Phi) is 5.44. The number of aromatic carboxylic acids is 1. The SMILES string of the molecule is O=C(O)c1ccc(CC[C@H]2[C@H](C=CC(=O)C3CCCC3)[C@@H]3CC[C@H]2O3)cc1. The lowest BCUT2D eigenvalue weighted by atomic mass is 9.76. The minimum absolute atomic E-state index is 0.243. The summed E-state index contributed by atoms with van der Waals surface area (Å²) in [6, 6.07) is 7.16. The molecule has 4 nitrogen and oxygen atoms in total. The van der Waals surface area contributed by atoms with Gasteiger partial charge in [-0.3, -0.25) is 4.79 Å². The molecule has 1 aliphatic carbocycles. The van der Waals surface area contributed by atoms with Crippen LogP contribution in [0.15, 0.2) is 36.4 Å². The first-order valence-corrected chi connectivity index (χ1v) is 10.3. The molecule has 1 saturated carbocycles. The molecule has 144 valence electrons. The van der Waals surface area contributed by atoms with E-state index >= 15 is 0 Å². The summed E-state index contributed by atoms with van der Waals surface area (Å²) in [5, 5.41) is 9.02. The van der Waals surface area contributed by atoms with E-state index in [9.17, 15) is 9.59 Å². The van der Waals surface area contributed by atoms with Crippen LogP contribution in [0.1, 0.15) is 60.9 Å². The number of rotatable bonds is 7. The molecule has 4 atom stereocenters. The summed E-state index contributed by atoms with van der Waals surface area (Å²) < 4.78 is 6.15. The third-order valence-corrected chi connectivity index (χ3v) is 6.69. The Morgan fingerprint density at radius 3 is 2.44 bits per heavy atom. The summed E-state index contributed by atoms with van der Waals surface area (Å²) in [4.78, 5) is 23.4. The molecule has 3 fully saturated rings. The van der Waals surface area contributed by atoms with Crippen molar-refractivity contribution in [3.8, 4) is 0 Å². The van der Waals surface area contributed by atoms with Gasteiger partial charge in [0.1, 0.15) is 0 Å². The fraction of sp³-hybridized carbons (Fsp3) is 0.565. The summed E-state index contributed by atoms with van der Waals surface area (Å²) in [6.07, 6.45) is 13.2. The second-order valence-corrected chi connectivity index (χ2v) is 8.32. The van der Waals surface area contributed by atoms with Gasteiger partial charge < -0.3 is 9.84 Å². The van der Waals surface area contributed by atoms with Crippen LogP contribution in [0.3, 0.4) is 0 Å². The molecule has 1 aromatic rings. The molecular weight excluding hydrogens is 340 g/mol. The number of ether oxygens (including phenoxy) is 1. The molecule has 2 bridgehead atoms. The fourth-order valence-electron chi connectivity index (χ4n) is 5.16. The molecule has 0 spiro atoms. The first-order chi connectivity index (χ1) is 13.1. The van der Waals surface area contributed by atoms with Crippen molar-refractivity contribution < 1.29 is 19.4 Å². The highest BCUT2D eigenvalue weighted by Crippen LogP contribution is 2.46. The highest BCUT2D eigenvalue weighted by Gasteiger charge is 2.47. The second-order valence-electron chi connectivity index (χ2n) is 8.32. The molecule has 0 radical (unpaired) electrons. The molecule has 27 heavy (non-hydrogen) atoms. The van der Waals surface area contributed by atoms with E-state index in [1.165, 1.54) is 12.8 Å². The molecule has 1 N–H and O–H groups in total. The summed E-state index contributed by atoms with van der Waals surface area (Å²) in [5.41, 5.74) is 1.49. The van der Waals surface area contributed by atoms with Crippen LogP contribution in [0.5, 0.6) is 0 Å². The van der Waals surface area contributed by atoms with E-state index in [1.54, 1.807) is 12.1 Å². The van der Waals surface area contributed by atoms with Crippen LogP contribution in [-0.2, 0) is 16.0 Å². The van der Waals surface area contributed by atoms with E-state index in [-0.39, 0.29) is 12.0 Å². The number of allylic oxidation sites excluding steroid dienone is 1. The number of benzene rings is 1. The van der Waals surface area contributed by atoms with Crippen LogP contribution in [-0.4, -0.2) is 29.1 Å². The minimum Gasteiger partial charge on any atom is -0.478 e. The fourth-order valence-corrected chi connectivity index (χ4v) is 5.16. The third kappa shape index (κ3) is 4.01. The highest BCUT2D eigenvalue weighted by molar-refractivity contribution is 5.91. The van der Waals surface area contributed by atoms with E-state index in [2.05, 4.69) is 6.08 Å². The predicted octanol–water partition coefficient (Wildman–Crippen LogP) is 4.43. The molecule has 0 aromatic heterocycles. The smallest absolute Gasteiger partial charge is 0.335 e. The number of carboxylic acids is 1. The van der Waals surface area contributed by atoms with Crippen LogP contribution in [0.4, 0.5) is 0 Å². The maximum absolute atomic E-state index is 12.4. The van der Waals surface area contributed by atoms with Crippen molar-refractivity contribution in [2.75, 3.05) is 0 Å². The van der Waals surface area contributed by atoms with Crippen molar-refractivity contribution in [2.24, 2.45) is 17.8 Å². The van der Waals surface area contributed by atoms with Gasteiger partial charge in [-0.2, -0.15) is 0 Å². The van der Waals surface area contributed by atoms with Gasteiger partial charge in [0, 0.05) is 11.8 Å². The van der Waals surface area contributed by atoms with Crippen molar-refractivity contribution in [2.45, 2.75) is 63.6 Å². The van der Waals surface area contributed by atoms with Crippen LogP contribution in [0.2, 0.25) is 0 Å². The van der Waals surface area contributed by atoms with Crippen LogP contribution < -0.4 is 0 Å². The molecule has 4 rings (SSSR count). The Bertz CT molecular complexity index is 714. The van der Waals surface area contributed by atoms with E-state index in [0.29, 0.717) is 29.3 Å². The number of hydrogen-bond donors (Lipinski definition) is 1. The second kappa shape index (κ2) is 7.97. The summed E-state index contributed by atoms with van der Waals surface area (Å²) in [5.74, 6) is 0.452. The lowest BCUT2D eigenvalue weighted by Crippen LogP contribution is -2.26. The number of hydrogen-bond acceptors (Lipinski definition) is 3. The molecule has 2 aliphatic heterocycles. The van der Waals surface area contributed by atoms with E-state index in [4.69, 9.17) is 9.84 Å². The molecule has 2 saturated heterocycles. The summed E-state index contributed by atoms with van der Waals surface area (Å²) in [6.45, 7) is 0. The van der Waals surface area contributed by atoms with Gasteiger partial charge in [-0.1, -0.05) is 31.1 Å². The Morgan fingerprint density at radius 1 is 1.04 bits per heavy atom. The average molecular weight is 368 g/mol. The van der Waals surface area contributed by atoms with Gasteiger partial charge >= 0.3 is 5.97 Å². The van der Waals surface area contributed by atoms with E-state index in [0.717, 1.165) is 44.1 Å². The normalized spacial score (nSPS) is 30.4. The molecular formula is C23H28O4. The lowest BCUT2D eigenvalue weighted by Gasteiger charge is -2.25. The first kappa shape index (κ1) is 18.4. The average Bonchev–Trinajstić information content (AvgIpc) is 3.42. The Hall–Kier alpha value is -1.94. The zero-order valence-electron chi connectivity index (χ0n) is 15.7. The monoisotopic (exact) mass is 368 g/mol. The van der Waals surface area contributed by atoms with Crippen molar-refractivity contribution >= 4 is 11.8 Å². The van der Waals surface area contributed by atoms with E-state index < -0.39 is 5.97 Å². The van der Waals surface area contributed by atoms with Gasteiger partial charge in [0.15, 0.2) is 5.78 Å². The van der Waals surface area contributed by atoms with Gasteiger partial charge in [0.05, 0.1) is 17.8 Å². The number of ketones is 1. The lowest BCUT2D eigenvalue weighted by molar-refractivity contribution is -0.118. The predicted molar refractivity (Wildman–Crippen MR) is 103 cm³/mol. The number of aryl methyl sites for hydroxylation is 1. The van der Waals surface area contributed by atoms with Gasteiger partial charge in [-0.15, -0.1) is 0 Å². The molecule has 0 unspecified atom stereocenters. The largest absolute Gasteiger partial charge is 0.478 e. The zero-order valence-corrected chi connectivity index (χ0v) is 15.7. The maximum Gasteiger partial charge on any atom is 0.335 e. The Balaban J connectivity index is 1.38. The van der Waals surface area contributed by atoms with Crippen molar-refractivity contribution in [3.63, 3.8) is 0 Å². The summed E-state index contributed by atoms with van der Waals surface area (Å²) >= 11 is 0. The Labute approximate surface area is 160 Å². The van der Waals surface area contributed by atoms with Gasteiger partial charge in [0.2, 0.25) is 0 Å². The zero-order chi connectivity index (χ0) is 18.8. The highest BCUT2D eigenvalue weighted by atomic mass is 16.5. The quantitative estimate of drug-likeness (QED) is 0.723. The number of fused-ring (bicyclic) bond motifs is 2. The maximum atomic E-state index is 12.4. The summed E-state index contributed by atoms with van der Waals surface area (Å²) in [7, 11) is 0. The number of carboxylic acid groups (broad SMARTS) is 1. The van der Waals surface area contributed by atoms with Crippen molar-refractivity contribution in [3.05, 3.63) is 47.5 Å². The van der Waals surface area contributed by atoms with Gasteiger partial charge in [0.25, 0.3) is 0 Å². The van der Waals surface area contributed by atoms with Crippen LogP contribution in [0, 0.1) is 17.8 Å². The first-order valence-electron chi connectivity index (χ1n) is 10.3. The molecule has 0 amide bonds.